The summed E-state index contributed by atoms with van der Waals surface area (Å²) in [6.07, 6.45) is 0.0124. The summed E-state index contributed by atoms with van der Waals surface area (Å²) in [4.78, 5) is 0. The van der Waals surface area contributed by atoms with Crippen LogP contribution in [0.4, 0.5) is 0 Å². The topological polar surface area (TPSA) is 55.5 Å². The Bertz CT molecular complexity index is 337. The first kappa shape index (κ1) is 13.0. The van der Waals surface area contributed by atoms with Gasteiger partial charge in [0.1, 0.15) is 5.75 Å². The Morgan fingerprint density at radius 1 is 1.38 bits per heavy atom. The van der Waals surface area contributed by atoms with E-state index in [4.69, 9.17) is 10.5 Å². The maximum atomic E-state index is 9.90. The van der Waals surface area contributed by atoms with Gasteiger partial charge >= 0.3 is 0 Å². The zero-order valence-corrected chi connectivity index (χ0v) is 10.2. The van der Waals surface area contributed by atoms with E-state index in [2.05, 4.69) is 13.8 Å². The molecule has 0 heterocycles. The van der Waals surface area contributed by atoms with E-state index in [0.717, 1.165) is 11.3 Å². The molecule has 1 aromatic carbocycles. The number of nitrogens with two attached hydrogens (primary N) is 1. The molecule has 3 N–H and O–H groups in total. The number of aliphatic hydroxyl groups excluding tert-OH is 1. The van der Waals surface area contributed by atoms with Crippen LogP contribution in [0.3, 0.4) is 0 Å². The molecule has 1 rings (SSSR count). The first-order chi connectivity index (χ1) is 7.60. The predicted molar refractivity (Wildman–Crippen MR) is 65.7 cm³/mol. The average molecular weight is 223 g/mol. The van der Waals surface area contributed by atoms with E-state index in [1.165, 1.54) is 5.56 Å². The molecule has 0 fully saturated rings. The van der Waals surface area contributed by atoms with Gasteiger partial charge in [-0.2, -0.15) is 0 Å². The SMILES string of the molecule is COc1cc(C(C)C)ccc1C(O)CCN. The molecule has 0 aliphatic carbocycles. The summed E-state index contributed by atoms with van der Waals surface area (Å²) < 4.78 is 5.30. The van der Waals surface area contributed by atoms with Gasteiger partial charge in [-0.1, -0.05) is 26.0 Å². The van der Waals surface area contributed by atoms with Crippen LogP contribution in [0.15, 0.2) is 18.2 Å². The molecule has 0 radical (unpaired) electrons. The van der Waals surface area contributed by atoms with Gasteiger partial charge < -0.3 is 15.6 Å². The lowest BCUT2D eigenvalue weighted by Gasteiger charge is -2.16. The zero-order chi connectivity index (χ0) is 12.1. The number of rotatable bonds is 5. The Morgan fingerprint density at radius 3 is 2.56 bits per heavy atom. The van der Waals surface area contributed by atoms with Gasteiger partial charge in [0.25, 0.3) is 0 Å². The third-order valence-electron chi connectivity index (χ3n) is 2.72. The van der Waals surface area contributed by atoms with Gasteiger partial charge in [-0.3, -0.25) is 0 Å². The monoisotopic (exact) mass is 223 g/mol. The van der Waals surface area contributed by atoms with Crippen LogP contribution in [-0.4, -0.2) is 18.8 Å². The van der Waals surface area contributed by atoms with E-state index in [9.17, 15) is 5.11 Å². The van der Waals surface area contributed by atoms with Crippen LogP contribution in [0.5, 0.6) is 5.75 Å². The molecule has 3 heteroatoms. The Morgan fingerprint density at radius 2 is 2.06 bits per heavy atom. The first-order valence-electron chi connectivity index (χ1n) is 5.66. The second kappa shape index (κ2) is 5.87. The fourth-order valence-electron chi connectivity index (χ4n) is 1.68. The minimum atomic E-state index is -0.541. The Kier molecular flexibility index (Phi) is 4.77. The van der Waals surface area contributed by atoms with Crippen LogP contribution < -0.4 is 10.5 Å². The fraction of sp³-hybridized carbons (Fsp3) is 0.538. The van der Waals surface area contributed by atoms with Gasteiger partial charge in [0.2, 0.25) is 0 Å². The molecule has 3 nitrogen and oxygen atoms in total. The lowest BCUT2D eigenvalue weighted by Crippen LogP contribution is -2.08. The highest BCUT2D eigenvalue weighted by atomic mass is 16.5. The standard InChI is InChI=1S/C13H21NO2/c1-9(2)10-4-5-11(12(15)6-7-14)13(8-10)16-3/h4-5,8-9,12,15H,6-7,14H2,1-3H3. The highest BCUT2D eigenvalue weighted by Gasteiger charge is 2.13. The van der Waals surface area contributed by atoms with Crippen molar-refractivity contribution in [3.05, 3.63) is 29.3 Å². The van der Waals surface area contributed by atoms with Crippen molar-refractivity contribution < 1.29 is 9.84 Å². The van der Waals surface area contributed by atoms with E-state index in [1.807, 2.05) is 18.2 Å². The largest absolute Gasteiger partial charge is 0.496 e. The van der Waals surface area contributed by atoms with Crippen LogP contribution in [-0.2, 0) is 0 Å². The molecule has 0 aliphatic heterocycles. The van der Waals surface area contributed by atoms with Crippen molar-refractivity contribution in [3.8, 4) is 5.75 Å². The van der Waals surface area contributed by atoms with Gasteiger partial charge in [-0.05, 0) is 30.5 Å². The second-order valence-electron chi connectivity index (χ2n) is 4.25. The molecule has 16 heavy (non-hydrogen) atoms. The average Bonchev–Trinajstić information content (AvgIpc) is 2.28. The molecule has 1 unspecified atom stereocenters. The van der Waals surface area contributed by atoms with Gasteiger partial charge in [0.05, 0.1) is 13.2 Å². The van der Waals surface area contributed by atoms with Crippen molar-refractivity contribution in [3.63, 3.8) is 0 Å². The molecule has 90 valence electrons. The normalized spacial score (nSPS) is 12.9. The minimum Gasteiger partial charge on any atom is -0.496 e. The molecule has 0 bridgehead atoms. The molecule has 0 aliphatic rings. The maximum Gasteiger partial charge on any atom is 0.124 e. The van der Waals surface area contributed by atoms with E-state index in [1.54, 1.807) is 7.11 Å². The van der Waals surface area contributed by atoms with Gasteiger partial charge in [0, 0.05) is 5.56 Å². The summed E-state index contributed by atoms with van der Waals surface area (Å²) in [5.41, 5.74) is 7.46. The third-order valence-corrected chi connectivity index (χ3v) is 2.72. The molecule has 0 spiro atoms. The number of aliphatic hydroxyl groups is 1. The van der Waals surface area contributed by atoms with Crippen molar-refractivity contribution in [1.29, 1.82) is 0 Å². The number of benzene rings is 1. The van der Waals surface area contributed by atoms with Crippen molar-refractivity contribution in [1.82, 2.24) is 0 Å². The van der Waals surface area contributed by atoms with Crippen molar-refractivity contribution in [2.45, 2.75) is 32.3 Å². The van der Waals surface area contributed by atoms with Crippen LogP contribution in [0.25, 0.3) is 0 Å². The molecular weight excluding hydrogens is 202 g/mol. The van der Waals surface area contributed by atoms with Crippen LogP contribution in [0.2, 0.25) is 0 Å². The summed E-state index contributed by atoms with van der Waals surface area (Å²) in [6.45, 7) is 4.73. The van der Waals surface area contributed by atoms with Crippen molar-refractivity contribution in [2.24, 2.45) is 5.73 Å². The van der Waals surface area contributed by atoms with Crippen molar-refractivity contribution >= 4 is 0 Å². The van der Waals surface area contributed by atoms with Crippen LogP contribution in [0, 0.1) is 0 Å². The van der Waals surface area contributed by atoms with Crippen LogP contribution >= 0.6 is 0 Å². The van der Waals surface area contributed by atoms with Crippen molar-refractivity contribution in [2.75, 3.05) is 13.7 Å². The maximum absolute atomic E-state index is 9.90. The Labute approximate surface area is 97.2 Å². The summed E-state index contributed by atoms with van der Waals surface area (Å²) in [7, 11) is 1.62. The van der Waals surface area contributed by atoms with E-state index in [-0.39, 0.29) is 0 Å². The van der Waals surface area contributed by atoms with Gasteiger partial charge in [-0.15, -0.1) is 0 Å². The third kappa shape index (κ3) is 2.97. The summed E-state index contributed by atoms with van der Waals surface area (Å²) in [6, 6.07) is 5.94. The van der Waals surface area contributed by atoms with Gasteiger partial charge in [-0.25, -0.2) is 0 Å². The lowest BCUT2D eigenvalue weighted by atomic mass is 9.98. The summed E-state index contributed by atoms with van der Waals surface area (Å²) >= 11 is 0. The summed E-state index contributed by atoms with van der Waals surface area (Å²) in [5.74, 6) is 1.20. The molecule has 0 saturated heterocycles. The van der Waals surface area contributed by atoms with Crippen LogP contribution in [0.1, 0.15) is 43.4 Å². The highest BCUT2D eigenvalue weighted by Crippen LogP contribution is 2.30. The Balaban J connectivity index is 3.01. The van der Waals surface area contributed by atoms with E-state index in [0.29, 0.717) is 18.9 Å². The smallest absolute Gasteiger partial charge is 0.124 e. The summed E-state index contributed by atoms with van der Waals surface area (Å²) in [5, 5.41) is 9.90. The molecule has 0 aromatic heterocycles. The number of hydrogen-bond acceptors (Lipinski definition) is 3. The molecule has 1 aromatic rings. The predicted octanol–water partition coefficient (Wildman–Crippen LogP) is 2.20. The molecule has 0 amide bonds. The lowest BCUT2D eigenvalue weighted by molar-refractivity contribution is 0.166. The number of hydrogen-bond donors (Lipinski definition) is 2. The van der Waals surface area contributed by atoms with Gasteiger partial charge in [0.15, 0.2) is 0 Å². The molecular formula is C13H21NO2. The molecule has 1 atom stereocenters. The highest BCUT2D eigenvalue weighted by molar-refractivity contribution is 5.40. The zero-order valence-electron chi connectivity index (χ0n) is 10.2. The fourth-order valence-corrected chi connectivity index (χ4v) is 1.68. The minimum absolute atomic E-state index is 0.453. The number of ether oxygens (including phenoxy) is 1. The number of methoxy groups -OCH3 is 1. The first-order valence-corrected chi connectivity index (χ1v) is 5.66. The van der Waals surface area contributed by atoms with E-state index >= 15 is 0 Å². The Hall–Kier alpha value is -1.06. The molecule has 0 saturated carbocycles. The quantitative estimate of drug-likeness (QED) is 0.804. The second-order valence-corrected chi connectivity index (χ2v) is 4.25. The van der Waals surface area contributed by atoms with E-state index < -0.39 is 6.10 Å².